The molecule has 0 aliphatic carbocycles. The number of rotatable bonds is 4. The van der Waals surface area contributed by atoms with Crippen LogP contribution < -0.4 is 11.1 Å². The van der Waals surface area contributed by atoms with Crippen molar-refractivity contribution in [1.29, 1.82) is 5.26 Å². The van der Waals surface area contributed by atoms with Crippen LogP contribution >= 0.6 is 0 Å². The van der Waals surface area contributed by atoms with Crippen LogP contribution in [0.3, 0.4) is 0 Å². The van der Waals surface area contributed by atoms with Crippen molar-refractivity contribution < 1.29 is 4.79 Å². The quantitative estimate of drug-likeness (QED) is 0.594. The molecule has 4 heteroatoms. The number of nitrogen functional groups attached to an aromatic ring is 1. The molecule has 84 valence electrons. The predicted molar refractivity (Wildman–Crippen MR) is 62.8 cm³/mol. The van der Waals surface area contributed by atoms with E-state index in [-0.39, 0.29) is 5.91 Å². The fraction of sp³-hybridized carbons (Fsp3) is 0.333. The van der Waals surface area contributed by atoms with Crippen molar-refractivity contribution in [2.45, 2.75) is 19.8 Å². The first kappa shape index (κ1) is 12.1. The summed E-state index contributed by atoms with van der Waals surface area (Å²) in [5, 5.41) is 11.1. The van der Waals surface area contributed by atoms with E-state index in [0.29, 0.717) is 30.6 Å². The monoisotopic (exact) mass is 217 g/mol. The molecule has 0 unspecified atom stereocenters. The summed E-state index contributed by atoms with van der Waals surface area (Å²) in [4.78, 5) is 11.7. The van der Waals surface area contributed by atoms with Gasteiger partial charge in [-0.05, 0) is 25.5 Å². The number of benzene rings is 1. The largest absolute Gasteiger partial charge is 0.398 e. The number of unbranched alkanes of at least 4 members (excludes halogenated alkanes) is 1. The molecule has 16 heavy (non-hydrogen) atoms. The van der Waals surface area contributed by atoms with Gasteiger partial charge in [0.05, 0.1) is 11.6 Å². The third kappa shape index (κ3) is 3.28. The smallest absolute Gasteiger partial charge is 0.253 e. The van der Waals surface area contributed by atoms with Gasteiger partial charge in [0, 0.05) is 18.7 Å². The van der Waals surface area contributed by atoms with Gasteiger partial charge in [0.1, 0.15) is 0 Å². The Balaban J connectivity index is 2.59. The highest BCUT2D eigenvalue weighted by molar-refractivity contribution is 5.99. The Morgan fingerprint density at radius 2 is 2.31 bits per heavy atom. The molecule has 1 aromatic carbocycles. The summed E-state index contributed by atoms with van der Waals surface area (Å²) >= 11 is 0. The molecule has 0 heterocycles. The number of hydrogen-bond donors (Lipinski definition) is 2. The SMILES string of the molecule is Cc1ccc(N)c(C(=O)NCCCC#N)c1. The maximum Gasteiger partial charge on any atom is 0.253 e. The number of hydrogen-bond acceptors (Lipinski definition) is 3. The first-order valence-electron chi connectivity index (χ1n) is 5.16. The fourth-order valence-corrected chi connectivity index (χ4v) is 1.33. The molecule has 0 saturated carbocycles. The molecular weight excluding hydrogens is 202 g/mol. The molecule has 0 fully saturated rings. The molecule has 0 aromatic heterocycles. The van der Waals surface area contributed by atoms with Gasteiger partial charge in [-0.25, -0.2) is 0 Å². The van der Waals surface area contributed by atoms with E-state index in [2.05, 4.69) is 5.32 Å². The van der Waals surface area contributed by atoms with E-state index in [1.165, 1.54) is 0 Å². The molecule has 0 atom stereocenters. The van der Waals surface area contributed by atoms with Crippen molar-refractivity contribution in [2.75, 3.05) is 12.3 Å². The number of nitrogens with two attached hydrogens (primary N) is 1. The van der Waals surface area contributed by atoms with Gasteiger partial charge in [0.15, 0.2) is 0 Å². The Hall–Kier alpha value is -2.02. The number of aryl methyl sites for hydroxylation is 1. The van der Waals surface area contributed by atoms with Gasteiger partial charge in [0.2, 0.25) is 0 Å². The Kier molecular flexibility index (Phi) is 4.34. The van der Waals surface area contributed by atoms with Crippen LogP contribution in [0.2, 0.25) is 0 Å². The molecule has 1 aromatic rings. The van der Waals surface area contributed by atoms with Gasteiger partial charge in [-0.1, -0.05) is 11.6 Å². The van der Waals surface area contributed by atoms with E-state index in [0.717, 1.165) is 5.56 Å². The van der Waals surface area contributed by atoms with Gasteiger partial charge in [-0.2, -0.15) is 5.26 Å². The molecule has 0 saturated heterocycles. The Morgan fingerprint density at radius 3 is 3.00 bits per heavy atom. The molecule has 1 amide bonds. The molecule has 0 aliphatic rings. The van der Waals surface area contributed by atoms with Crippen molar-refractivity contribution in [2.24, 2.45) is 0 Å². The molecule has 1 rings (SSSR count). The summed E-state index contributed by atoms with van der Waals surface area (Å²) in [7, 11) is 0. The minimum absolute atomic E-state index is 0.181. The molecule has 0 radical (unpaired) electrons. The minimum atomic E-state index is -0.181. The van der Waals surface area contributed by atoms with E-state index >= 15 is 0 Å². The van der Waals surface area contributed by atoms with Crippen LogP contribution in [-0.4, -0.2) is 12.5 Å². The maximum absolute atomic E-state index is 11.7. The van der Waals surface area contributed by atoms with Crippen LogP contribution in [0.4, 0.5) is 5.69 Å². The lowest BCUT2D eigenvalue weighted by Gasteiger charge is -2.07. The van der Waals surface area contributed by atoms with E-state index in [1.807, 2.05) is 19.1 Å². The Morgan fingerprint density at radius 1 is 1.56 bits per heavy atom. The van der Waals surface area contributed by atoms with E-state index in [1.54, 1.807) is 12.1 Å². The Labute approximate surface area is 95.1 Å². The van der Waals surface area contributed by atoms with Gasteiger partial charge in [-0.15, -0.1) is 0 Å². The number of nitriles is 1. The molecule has 0 spiro atoms. The van der Waals surface area contributed by atoms with Crippen molar-refractivity contribution >= 4 is 11.6 Å². The number of anilines is 1. The first-order valence-corrected chi connectivity index (χ1v) is 5.16. The number of nitrogens with zero attached hydrogens (tertiary/aromatic N) is 1. The number of carbonyl (C=O) groups excluding carboxylic acids is 1. The van der Waals surface area contributed by atoms with Crippen molar-refractivity contribution in [3.05, 3.63) is 29.3 Å². The summed E-state index contributed by atoms with van der Waals surface area (Å²) in [5.74, 6) is -0.181. The normalized spacial score (nSPS) is 9.50. The highest BCUT2D eigenvalue weighted by atomic mass is 16.1. The summed E-state index contributed by atoms with van der Waals surface area (Å²) in [5.41, 5.74) is 7.68. The highest BCUT2D eigenvalue weighted by Crippen LogP contribution is 2.13. The highest BCUT2D eigenvalue weighted by Gasteiger charge is 2.08. The van der Waals surface area contributed by atoms with Crippen molar-refractivity contribution in [3.8, 4) is 6.07 Å². The van der Waals surface area contributed by atoms with Crippen LogP contribution in [-0.2, 0) is 0 Å². The lowest BCUT2D eigenvalue weighted by molar-refractivity contribution is 0.0954. The zero-order valence-electron chi connectivity index (χ0n) is 9.29. The van der Waals surface area contributed by atoms with E-state index in [9.17, 15) is 4.79 Å². The summed E-state index contributed by atoms with van der Waals surface area (Å²) in [6.45, 7) is 2.41. The average molecular weight is 217 g/mol. The van der Waals surface area contributed by atoms with Crippen molar-refractivity contribution in [3.63, 3.8) is 0 Å². The summed E-state index contributed by atoms with van der Waals surface area (Å²) in [6, 6.07) is 7.37. The van der Waals surface area contributed by atoms with Crippen LogP contribution in [0.15, 0.2) is 18.2 Å². The van der Waals surface area contributed by atoms with Gasteiger partial charge >= 0.3 is 0 Å². The number of nitrogens with one attached hydrogen (secondary N) is 1. The second kappa shape index (κ2) is 5.76. The third-order valence-electron chi connectivity index (χ3n) is 2.20. The lowest BCUT2D eigenvalue weighted by atomic mass is 10.1. The summed E-state index contributed by atoms with van der Waals surface area (Å²) in [6.07, 6.45) is 1.11. The average Bonchev–Trinajstić information content (AvgIpc) is 2.27. The zero-order valence-corrected chi connectivity index (χ0v) is 9.29. The first-order chi connectivity index (χ1) is 7.65. The molecular formula is C12H15N3O. The van der Waals surface area contributed by atoms with E-state index < -0.39 is 0 Å². The fourth-order valence-electron chi connectivity index (χ4n) is 1.33. The number of amides is 1. The predicted octanol–water partition coefficient (Wildman–Crippen LogP) is 1.61. The number of carbonyl (C=O) groups is 1. The van der Waals surface area contributed by atoms with Crippen LogP contribution in [0.5, 0.6) is 0 Å². The van der Waals surface area contributed by atoms with Gasteiger partial charge in [0.25, 0.3) is 5.91 Å². The van der Waals surface area contributed by atoms with E-state index in [4.69, 9.17) is 11.0 Å². The second-order valence-electron chi connectivity index (χ2n) is 3.61. The second-order valence-corrected chi connectivity index (χ2v) is 3.61. The minimum Gasteiger partial charge on any atom is -0.398 e. The Bertz CT molecular complexity index is 421. The molecule has 3 N–H and O–H groups in total. The maximum atomic E-state index is 11.7. The van der Waals surface area contributed by atoms with Crippen LogP contribution in [0.1, 0.15) is 28.8 Å². The molecule has 0 bridgehead atoms. The summed E-state index contributed by atoms with van der Waals surface area (Å²) < 4.78 is 0. The zero-order chi connectivity index (χ0) is 12.0. The standard InChI is InChI=1S/C12H15N3O/c1-9-4-5-11(14)10(8-9)12(16)15-7-3-2-6-13/h4-5,8H,2-3,7,14H2,1H3,(H,15,16). The lowest BCUT2D eigenvalue weighted by Crippen LogP contribution is -2.25. The topological polar surface area (TPSA) is 78.9 Å². The van der Waals surface area contributed by atoms with Gasteiger partial charge < -0.3 is 11.1 Å². The van der Waals surface area contributed by atoms with Crippen molar-refractivity contribution in [1.82, 2.24) is 5.32 Å². The third-order valence-corrected chi connectivity index (χ3v) is 2.20. The van der Waals surface area contributed by atoms with Crippen LogP contribution in [0, 0.1) is 18.3 Å². The van der Waals surface area contributed by atoms with Crippen LogP contribution in [0.25, 0.3) is 0 Å². The molecule has 0 aliphatic heterocycles. The van der Waals surface area contributed by atoms with Gasteiger partial charge in [-0.3, -0.25) is 4.79 Å². The molecule has 4 nitrogen and oxygen atoms in total.